The molecule has 1 atom stereocenters. The van der Waals surface area contributed by atoms with E-state index < -0.39 is 22.9 Å². The molecule has 8 heteroatoms. The second-order valence-electron chi connectivity index (χ2n) is 6.05. The number of hydrogen-bond donors (Lipinski definition) is 1. The van der Waals surface area contributed by atoms with Crippen molar-refractivity contribution in [2.45, 2.75) is 26.9 Å². The van der Waals surface area contributed by atoms with Crippen LogP contribution in [0.5, 0.6) is 5.75 Å². The Hall–Kier alpha value is -3.42. The average molecular weight is 372 g/mol. The number of rotatable bonds is 6. The van der Waals surface area contributed by atoms with E-state index in [9.17, 15) is 19.7 Å². The number of carbonyl (C=O) groups excluding carboxylic acids is 2. The molecule has 0 aliphatic heterocycles. The van der Waals surface area contributed by atoms with Crippen molar-refractivity contribution in [1.82, 2.24) is 0 Å². The highest BCUT2D eigenvalue weighted by Crippen LogP contribution is 2.29. The van der Waals surface area contributed by atoms with Gasteiger partial charge in [0.25, 0.3) is 11.6 Å². The van der Waals surface area contributed by atoms with Crippen LogP contribution in [0.2, 0.25) is 0 Å². The number of methoxy groups -OCH3 is 1. The summed E-state index contributed by atoms with van der Waals surface area (Å²) in [6.45, 7) is 5.16. The Bertz CT molecular complexity index is 874. The van der Waals surface area contributed by atoms with Crippen LogP contribution in [0.3, 0.4) is 0 Å². The van der Waals surface area contributed by atoms with Crippen LogP contribution in [0.25, 0.3) is 0 Å². The van der Waals surface area contributed by atoms with Gasteiger partial charge in [-0.05, 0) is 39.0 Å². The minimum absolute atomic E-state index is 0.130. The fraction of sp³-hybridized carbons (Fsp3) is 0.263. The minimum Gasteiger partial charge on any atom is -0.494 e. The molecule has 0 fully saturated rings. The van der Waals surface area contributed by atoms with E-state index >= 15 is 0 Å². The van der Waals surface area contributed by atoms with Gasteiger partial charge in [-0.15, -0.1) is 0 Å². The predicted octanol–water partition coefficient (Wildman–Crippen LogP) is 3.40. The second-order valence-corrected chi connectivity index (χ2v) is 6.05. The van der Waals surface area contributed by atoms with Crippen LogP contribution in [0.15, 0.2) is 36.4 Å². The summed E-state index contributed by atoms with van der Waals surface area (Å²) in [5, 5.41) is 13.4. The zero-order valence-corrected chi connectivity index (χ0v) is 15.4. The Morgan fingerprint density at radius 2 is 1.74 bits per heavy atom. The number of aryl methyl sites for hydroxylation is 2. The number of amides is 1. The Kier molecular flexibility index (Phi) is 6.12. The molecule has 0 aliphatic carbocycles. The molecule has 142 valence electrons. The van der Waals surface area contributed by atoms with Crippen LogP contribution in [0.4, 0.5) is 11.4 Å². The highest BCUT2D eigenvalue weighted by molar-refractivity contribution is 5.98. The third-order valence-corrected chi connectivity index (χ3v) is 3.76. The average Bonchev–Trinajstić information content (AvgIpc) is 2.60. The van der Waals surface area contributed by atoms with Gasteiger partial charge in [0.2, 0.25) is 0 Å². The lowest BCUT2D eigenvalue weighted by atomic mass is 10.1. The van der Waals surface area contributed by atoms with Crippen molar-refractivity contribution in [3.05, 3.63) is 63.2 Å². The van der Waals surface area contributed by atoms with Gasteiger partial charge >= 0.3 is 5.97 Å². The summed E-state index contributed by atoms with van der Waals surface area (Å²) in [6, 6.07) is 9.08. The van der Waals surface area contributed by atoms with Gasteiger partial charge < -0.3 is 14.8 Å². The van der Waals surface area contributed by atoms with Crippen molar-refractivity contribution >= 4 is 23.3 Å². The van der Waals surface area contributed by atoms with Crippen LogP contribution >= 0.6 is 0 Å². The van der Waals surface area contributed by atoms with Gasteiger partial charge in [0.1, 0.15) is 5.75 Å². The molecule has 1 amide bonds. The van der Waals surface area contributed by atoms with Gasteiger partial charge in [0.05, 0.1) is 29.4 Å². The number of esters is 1. The molecule has 0 bridgehead atoms. The van der Waals surface area contributed by atoms with E-state index in [1.807, 2.05) is 19.9 Å². The number of non-ortho nitro benzene ring substituents is 1. The number of hydrogen-bond acceptors (Lipinski definition) is 6. The fourth-order valence-corrected chi connectivity index (χ4v) is 2.51. The van der Waals surface area contributed by atoms with Gasteiger partial charge in [0, 0.05) is 6.07 Å². The minimum atomic E-state index is -1.07. The third kappa shape index (κ3) is 5.04. The maximum absolute atomic E-state index is 12.3. The van der Waals surface area contributed by atoms with Gasteiger partial charge in [-0.1, -0.05) is 17.2 Å². The van der Waals surface area contributed by atoms with E-state index in [0.29, 0.717) is 5.56 Å². The normalized spacial score (nSPS) is 11.4. The summed E-state index contributed by atoms with van der Waals surface area (Å²) < 4.78 is 10.3. The van der Waals surface area contributed by atoms with Crippen molar-refractivity contribution in [3.8, 4) is 5.75 Å². The molecular formula is C19H20N2O6. The summed E-state index contributed by atoms with van der Waals surface area (Å²) >= 11 is 0. The van der Waals surface area contributed by atoms with E-state index in [0.717, 1.165) is 11.1 Å². The monoisotopic (exact) mass is 372 g/mol. The summed E-state index contributed by atoms with van der Waals surface area (Å²) in [5.41, 5.74) is 2.26. The molecule has 27 heavy (non-hydrogen) atoms. The zero-order valence-electron chi connectivity index (χ0n) is 15.4. The maximum atomic E-state index is 12.3. The van der Waals surface area contributed by atoms with Gasteiger partial charge in [-0.2, -0.15) is 0 Å². The van der Waals surface area contributed by atoms with Gasteiger partial charge in [-0.25, -0.2) is 4.79 Å². The van der Waals surface area contributed by atoms with E-state index in [2.05, 4.69) is 5.32 Å². The van der Waals surface area contributed by atoms with Crippen molar-refractivity contribution in [2.75, 3.05) is 12.4 Å². The molecule has 2 aromatic rings. The Morgan fingerprint density at radius 3 is 2.30 bits per heavy atom. The second kappa shape index (κ2) is 8.31. The fourth-order valence-electron chi connectivity index (χ4n) is 2.51. The topological polar surface area (TPSA) is 108 Å². The number of nitrogens with one attached hydrogen (secondary N) is 1. The lowest BCUT2D eigenvalue weighted by Gasteiger charge is -2.15. The molecule has 0 radical (unpaired) electrons. The predicted molar refractivity (Wildman–Crippen MR) is 99.1 cm³/mol. The largest absolute Gasteiger partial charge is 0.494 e. The zero-order chi connectivity index (χ0) is 20.1. The van der Waals surface area contributed by atoms with Crippen LogP contribution in [0, 0.1) is 24.0 Å². The number of benzene rings is 2. The summed E-state index contributed by atoms with van der Waals surface area (Å²) in [7, 11) is 1.33. The van der Waals surface area contributed by atoms with E-state index in [1.165, 1.54) is 32.2 Å². The molecule has 0 aliphatic rings. The Labute approximate surface area is 156 Å². The smallest absolute Gasteiger partial charge is 0.338 e. The molecule has 2 rings (SSSR count). The maximum Gasteiger partial charge on any atom is 0.338 e. The van der Waals surface area contributed by atoms with E-state index in [4.69, 9.17) is 9.47 Å². The molecule has 0 spiro atoms. The van der Waals surface area contributed by atoms with Gasteiger partial charge in [-0.3, -0.25) is 14.9 Å². The van der Waals surface area contributed by atoms with E-state index in [-0.39, 0.29) is 17.1 Å². The molecule has 8 nitrogen and oxygen atoms in total. The number of nitro benzene ring substituents is 1. The number of ether oxygens (including phenoxy) is 2. The van der Waals surface area contributed by atoms with Crippen LogP contribution in [-0.2, 0) is 9.53 Å². The van der Waals surface area contributed by atoms with Crippen molar-refractivity contribution < 1.29 is 24.0 Å². The SMILES string of the molecule is COc1cc([N+](=O)[O-])ccc1NC(=O)[C@H](C)OC(=O)c1cc(C)cc(C)c1. The number of nitro groups is 1. The number of nitrogens with zero attached hydrogens (tertiary/aromatic N) is 1. The number of anilines is 1. The van der Waals surface area contributed by atoms with Crippen LogP contribution < -0.4 is 10.1 Å². The molecule has 1 N–H and O–H groups in total. The first-order valence-corrected chi connectivity index (χ1v) is 8.14. The van der Waals surface area contributed by atoms with E-state index in [1.54, 1.807) is 12.1 Å². The third-order valence-electron chi connectivity index (χ3n) is 3.76. The lowest BCUT2D eigenvalue weighted by molar-refractivity contribution is -0.384. The Morgan fingerprint density at radius 1 is 1.11 bits per heavy atom. The van der Waals surface area contributed by atoms with Crippen molar-refractivity contribution in [3.63, 3.8) is 0 Å². The molecule has 0 saturated heterocycles. The number of carbonyl (C=O) groups is 2. The highest BCUT2D eigenvalue weighted by atomic mass is 16.6. The molecule has 0 saturated carbocycles. The summed E-state index contributed by atoms with van der Waals surface area (Å²) in [6.07, 6.45) is -1.07. The standard InChI is InChI=1S/C19H20N2O6/c1-11-7-12(2)9-14(8-11)19(23)27-13(3)18(22)20-16-6-5-15(21(24)25)10-17(16)26-4/h5-10,13H,1-4H3,(H,20,22)/t13-/m0/s1. The molecule has 0 unspecified atom stereocenters. The molecule has 0 heterocycles. The van der Waals surface area contributed by atoms with Crippen molar-refractivity contribution in [2.24, 2.45) is 0 Å². The van der Waals surface area contributed by atoms with Gasteiger partial charge in [0.15, 0.2) is 6.10 Å². The summed E-state index contributed by atoms with van der Waals surface area (Å²) in [5.74, 6) is -1.06. The molecule has 0 aromatic heterocycles. The first kappa shape index (κ1) is 19.9. The van der Waals surface area contributed by atoms with Crippen LogP contribution in [-0.4, -0.2) is 30.0 Å². The van der Waals surface area contributed by atoms with Crippen LogP contribution in [0.1, 0.15) is 28.4 Å². The molecule has 2 aromatic carbocycles. The Balaban J connectivity index is 2.09. The first-order chi connectivity index (χ1) is 12.7. The first-order valence-electron chi connectivity index (χ1n) is 8.14. The highest BCUT2D eigenvalue weighted by Gasteiger charge is 2.21. The quantitative estimate of drug-likeness (QED) is 0.473. The van der Waals surface area contributed by atoms with Crippen molar-refractivity contribution in [1.29, 1.82) is 0 Å². The lowest BCUT2D eigenvalue weighted by Crippen LogP contribution is -2.30. The summed E-state index contributed by atoms with van der Waals surface area (Å²) in [4.78, 5) is 34.8. The molecular weight excluding hydrogens is 352 g/mol.